The molecule has 146 valence electrons. The predicted octanol–water partition coefficient (Wildman–Crippen LogP) is 3.38. The molecular formula is C20H18ClNO5S. The van der Waals surface area contributed by atoms with Gasteiger partial charge in [0, 0.05) is 17.9 Å². The molecule has 1 aliphatic rings. The zero-order chi connectivity index (χ0) is 20.1. The van der Waals surface area contributed by atoms with E-state index in [-0.39, 0.29) is 23.7 Å². The van der Waals surface area contributed by atoms with Crippen LogP contribution in [0.4, 0.5) is 5.69 Å². The highest BCUT2D eigenvalue weighted by Gasteiger charge is 2.20. The lowest BCUT2D eigenvalue weighted by Crippen LogP contribution is -2.14. The fourth-order valence-electron chi connectivity index (χ4n) is 2.67. The van der Waals surface area contributed by atoms with Crippen LogP contribution in [-0.4, -0.2) is 28.1 Å². The lowest BCUT2D eigenvalue weighted by Gasteiger charge is -2.11. The maximum Gasteiger partial charge on any atom is 0.306 e. The van der Waals surface area contributed by atoms with Crippen LogP contribution in [0.15, 0.2) is 41.3 Å². The van der Waals surface area contributed by atoms with Crippen molar-refractivity contribution in [2.45, 2.75) is 24.2 Å². The molecule has 0 saturated carbocycles. The fourth-order valence-corrected chi connectivity index (χ4v) is 3.97. The molecule has 8 heteroatoms. The van der Waals surface area contributed by atoms with E-state index in [0.29, 0.717) is 35.1 Å². The number of esters is 1. The maximum absolute atomic E-state index is 12.8. The topological polar surface area (TPSA) is 81.7 Å². The van der Waals surface area contributed by atoms with Crippen molar-refractivity contribution in [1.29, 1.82) is 0 Å². The normalized spacial score (nSPS) is 12.4. The van der Waals surface area contributed by atoms with Gasteiger partial charge in [0.05, 0.1) is 36.3 Å². The van der Waals surface area contributed by atoms with E-state index < -0.39 is 10.0 Å². The van der Waals surface area contributed by atoms with Crippen LogP contribution in [0.2, 0.25) is 5.02 Å². The molecule has 0 saturated heterocycles. The van der Waals surface area contributed by atoms with Crippen molar-refractivity contribution in [3.63, 3.8) is 0 Å². The number of carbonyl (C=O) groups is 1. The summed E-state index contributed by atoms with van der Waals surface area (Å²) < 4.78 is 38.1. The Bertz CT molecular complexity index is 1070. The highest BCUT2D eigenvalue weighted by molar-refractivity contribution is 7.92. The second kappa shape index (κ2) is 8.55. The lowest BCUT2D eigenvalue weighted by molar-refractivity contribution is -0.140. The molecule has 1 heterocycles. The lowest BCUT2D eigenvalue weighted by atomic mass is 10.2. The molecular weight excluding hydrogens is 402 g/mol. The molecule has 0 bridgehead atoms. The number of halogens is 1. The summed E-state index contributed by atoms with van der Waals surface area (Å²) in [6.45, 7) is 0.550. The number of methoxy groups -OCH3 is 1. The Balaban J connectivity index is 1.83. The molecule has 0 fully saturated rings. The van der Waals surface area contributed by atoms with Gasteiger partial charge in [0.25, 0.3) is 10.0 Å². The molecule has 0 unspecified atom stereocenters. The Morgan fingerprint density at radius 3 is 2.89 bits per heavy atom. The smallest absolute Gasteiger partial charge is 0.306 e. The van der Waals surface area contributed by atoms with E-state index in [0.717, 1.165) is 5.56 Å². The molecule has 0 radical (unpaired) electrons. The van der Waals surface area contributed by atoms with E-state index in [1.54, 1.807) is 30.3 Å². The molecule has 2 aromatic carbocycles. The zero-order valence-corrected chi connectivity index (χ0v) is 16.7. The number of anilines is 1. The summed E-state index contributed by atoms with van der Waals surface area (Å²) in [5.74, 6) is 6.04. The Labute approximate surface area is 168 Å². The third kappa shape index (κ3) is 4.77. The van der Waals surface area contributed by atoms with Crippen molar-refractivity contribution in [3.8, 4) is 17.6 Å². The molecule has 1 N–H and O–H groups in total. The first-order valence-electron chi connectivity index (χ1n) is 8.53. The van der Waals surface area contributed by atoms with Gasteiger partial charge in [0.2, 0.25) is 0 Å². The molecule has 28 heavy (non-hydrogen) atoms. The number of carbonyl (C=O) groups excluding carboxylic acids is 1. The number of nitrogens with one attached hydrogen (secondary N) is 1. The second-order valence-electron chi connectivity index (χ2n) is 6.04. The highest BCUT2D eigenvalue weighted by atomic mass is 35.5. The van der Waals surface area contributed by atoms with Crippen LogP contribution in [0.1, 0.15) is 24.0 Å². The maximum atomic E-state index is 12.8. The number of ether oxygens (including phenoxy) is 2. The largest absolute Gasteiger partial charge is 0.493 e. The number of benzene rings is 2. The molecule has 2 aromatic rings. The van der Waals surface area contributed by atoms with Crippen molar-refractivity contribution < 1.29 is 22.7 Å². The van der Waals surface area contributed by atoms with Gasteiger partial charge in [-0.15, -0.1) is 0 Å². The van der Waals surface area contributed by atoms with E-state index in [2.05, 4.69) is 21.3 Å². The third-order valence-electron chi connectivity index (χ3n) is 4.10. The summed E-state index contributed by atoms with van der Waals surface area (Å²) in [7, 11) is -2.50. The standard InChI is InChI=1S/C20H18ClNO5S/c1-26-20(23)5-3-2-4-14-12-16(21)6-8-18(14)22-28(24,25)17-7-9-19-15(13-17)10-11-27-19/h6-9,12-13,22H,3,5,10-11H2,1H3. The summed E-state index contributed by atoms with van der Waals surface area (Å²) in [6.07, 6.45) is 1.12. The van der Waals surface area contributed by atoms with E-state index in [1.165, 1.54) is 13.2 Å². The number of hydrogen-bond donors (Lipinski definition) is 1. The minimum atomic E-state index is -3.81. The molecule has 0 spiro atoms. The molecule has 6 nitrogen and oxygen atoms in total. The first kappa shape index (κ1) is 20.1. The van der Waals surface area contributed by atoms with E-state index >= 15 is 0 Å². The van der Waals surface area contributed by atoms with Crippen LogP contribution < -0.4 is 9.46 Å². The zero-order valence-electron chi connectivity index (χ0n) is 15.1. The number of fused-ring (bicyclic) bond motifs is 1. The van der Waals surface area contributed by atoms with Gasteiger partial charge in [-0.05, 0) is 42.0 Å². The first-order valence-corrected chi connectivity index (χ1v) is 10.4. The third-order valence-corrected chi connectivity index (χ3v) is 5.70. The van der Waals surface area contributed by atoms with Gasteiger partial charge in [-0.25, -0.2) is 8.42 Å². The molecule has 0 atom stereocenters. The van der Waals surface area contributed by atoms with E-state index in [4.69, 9.17) is 16.3 Å². The summed E-state index contributed by atoms with van der Waals surface area (Å²) in [5, 5.41) is 0.426. The summed E-state index contributed by atoms with van der Waals surface area (Å²) >= 11 is 6.02. The first-order chi connectivity index (χ1) is 13.4. The molecule has 1 aliphatic heterocycles. The Morgan fingerprint density at radius 1 is 1.29 bits per heavy atom. The van der Waals surface area contributed by atoms with Crippen molar-refractivity contribution in [2.75, 3.05) is 18.4 Å². The van der Waals surface area contributed by atoms with Crippen LogP contribution in [0.5, 0.6) is 5.75 Å². The van der Waals surface area contributed by atoms with Gasteiger partial charge >= 0.3 is 5.97 Å². The van der Waals surface area contributed by atoms with Gasteiger partial charge in [0.1, 0.15) is 5.75 Å². The van der Waals surface area contributed by atoms with E-state index in [9.17, 15) is 13.2 Å². The average molecular weight is 420 g/mol. The summed E-state index contributed by atoms with van der Waals surface area (Å²) in [4.78, 5) is 11.3. The molecule has 0 aromatic heterocycles. The fraction of sp³-hybridized carbons (Fsp3) is 0.250. The Hall–Kier alpha value is -2.69. The van der Waals surface area contributed by atoms with E-state index in [1.807, 2.05) is 0 Å². The van der Waals surface area contributed by atoms with Gasteiger partial charge in [-0.3, -0.25) is 9.52 Å². The van der Waals surface area contributed by atoms with Crippen LogP contribution in [0.25, 0.3) is 0 Å². The Kier molecular flexibility index (Phi) is 6.12. The number of sulfonamides is 1. The van der Waals surface area contributed by atoms with Crippen molar-refractivity contribution in [2.24, 2.45) is 0 Å². The molecule has 0 aliphatic carbocycles. The van der Waals surface area contributed by atoms with Crippen LogP contribution >= 0.6 is 11.6 Å². The number of rotatable bonds is 5. The second-order valence-corrected chi connectivity index (χ2v) is 8.16. The van der Waals surface area contributed by atoms with Crippen molar-refractivity contribution in [1.82, 2.24) is 0 Å². The molecule has 3 rings (SSSR count). The summed E-state index contributed by atoms with van der Waals surface area (Å²) in [6, 6.07) is 9.48. The number of hydrogen-bond acceptors (Lipinski definition) is 5. The van der Waals surface area contributed by atoms with Gasteiger partial charge in [-0.2, -0.15) is 0 Å². The van der Waals surface area contributed by atoms with Crippen molar-refractivity contribution >= 4 is 33.3 Å². The Morgan fingerprint density at radius 2 is 2.11 bits per heavy atom. The minimum Gasteiger partial charge on any atom is -0.493 e. The van der Waals surface area contributed by atoms with Crippen molar-refractivity contribution in [3.05, 3.63) is 52.5 Å². The van der Waals surface area contributed by atoms with Gasteiger partial charge in [-0.1, -0.05) is 23.4 Å². The average Bonchev–Trinajstić information content (AvgIpc) is 3.14. The molecule has 0 amide bonds. The minimum absolute atomic E-state index is 0.149. The van der Waals surface area contributed by atoms with Gasteiger partial charge in [0.15, 0.2) is 0 Å². The predicted molar refractivity (Wildman–Crippen MR) is 106 cm³/mol. The van der Waals surface area contributed by atoms with Crippen LogP contribution in [-0.2, 0) is 26.0 Å². The monoisotopic (exact) mass is 419 g/mol. The van der Waals surface area contributed by atoms with Crippen LogP contribution in [0.3, 0.4) is 0 Å². The quantitative estimate of drug-likeness (QED) is 0.593. The van der Waals surface area contributed by atoms with Gasteiger partial charge < -0.3 is 9.47 Å². The summed E-state index contributed by atoms with van der Waals surface area (Å²) in [5.41, 5.74) is 1.60. The van der Waals surface area contributed by atoms with Crippen LogP contribution in [0, 0.1) is 11.8 Å². The SMILES string of the molecule is COC(=O)CCC#Cc1cc(Cl)ccc1NS(=O)(=O)c1ccc2c(c1)CCO2. The highest BCUT2D eigenvalue weighted by Crippen LogP contribution is 2.29.